The van der Waals surface area contributed by atoms with E-state index in [9.17, 15) is 0 Å². The van der Waals surface area contributed by atoms with Crippen LogP contribution in [0.5, 0.6) is 5.75 Å². The molecule has 98 valence electrons. The van der Waals surface area contributed by atoms with Crippen molar-refractivity contribution in [3.05, 3.63) is 63.6 Å². The van der Waals surface area contributed by atoms with Gasteiger partial charge in [0.05, 0.1) is 4.47 Å². The van der Waals surface area contributed by atoms with Crippen LogP contribution in [0.1, 0.15) is 16.7 Å². The van der Waals surface area contributed by atoms with E-state index in [0.717, 1.165) is 21.3 Å². The maximum absolute atomic E-state index is 5.78. The molecule has 0 heterocycles. The van der Waals surface area contributed by atoms with Crippen LogP contribution in [0.4, 0.5) is 0 Å². The second-order valence-electron chi connectivity index (χ2n) is 4.29. The van der Waals surface area contributed by atoms with Crippen LogP contribution in [0.25, 0.3) is 0 Å². The number of benzene rings is 2. The Labute approximate surface area is 126 Å². The number of ether oxygens (including phenoxy) is 1. The molecule has 0 fully saturated rings. The minimum Gasteiger partial charge on any atom is -0.488 e. The van der Waals surface area contributed by atoms with Crippen molar-refractivity contribution in [1.29, 1.82) is 0 Å². The van der Waals surface area contributed by atoms with Gasteiger partial charge in [-0.15, -0.1) is 0 Å². The van der Waals surface area contributed by atoms with Crippen LogP contribution in [-0.2, 0) is 6.61 Å². The lowest BCUT2D eigenvalue weighted by Gasteiger charge is -2.10. The lowest BCUT2D eigenvalue weighted by molar-refractivity contribution is 0.304. The molecule has 0 atom stereocenters. The highest BCUT2D eigenvalue weighted by atomic mass is 79.9. The minimum atomic E-state index is 0.380. The molecule has 2 rings (SSSR count). The van der Waals surface area contributed by atoms with E-state index in [-0.39, 0.29) is 0 Å². The fourth-order valence-electron chi connectivity index (χ4n) is 1.73. The summed E-state index contributed by atoms with van der Waals surface area (Å²) in [6.07, 6.45) is 0. The van der Waals surface area contributed by atoms with Crippen molar-refractivity contribution in [3.63, 3.8) is 0 Å². The highest BCUT2D eigenvalue weighted by Crippen LogP contribution is 2.26. The van der Waals surface area contributed by atoms with Crippen LogP contribution in [0.15, 0.2) is 46.9 Å². The van der Waals surface area contributed by atoms with Gasteiger partial charge in [-0.2, -0.15) is 0 Å². The number of hydrogen-bond acceptors (Lipinski definition) is 2. The second kappa shape index (κ2) is 6.17. The molecule has 0 unspecified atom stereocenters. The SMILES string of the molecule is Cc1cccc(COc2ccc(C(N)=S)cc2Br)c1. The van der Waals surface area contributed by atoms with Gasteiger partial charge in [0.15, 0.2) is 0 Å². The van der Waals surface area contributed by atoms with Gasteiger partial charge in [0, 0.05) is 5.56 Å². The predicted molar refractivity (Wildman–Crippen MR) is 85.5 cm³/mol. The Morgan fingerprint density at radius 3 is 2.68 bits per heavy atom. The van der Waals surface area contributed by atoms with Crippen molar-refractivity contribution >= 4 is 33.1 Å². The second-order valence-corrected chi connectivity index (χ2v) is 5.58. The Morgan fingerprint density at radius 1 is 1.26 bits per heavy atom. The van der Waals surface area contributed by atoms with Gasteiger partial charge in [-0.05, 0) is 46.6 Å². The molecule has 0 aliphatic heterocycles. The maximum atomic E-state index is 5.78. The van der Waals surface area contributed by atoms with E-state index < -0.39 is 0 Å². The number of thiocarbonyl (C=S) groups is 1. The highest BCUT2D eigenvalue weighted by molar-refractivity contribution is 9.10. The Balaban J connectivity index is 2.10. The molecule has 0 aliphatic rings. The van der Waals surface area contributed by atoms with Gasteiger partial charge < -0.3 is 10.5 Å². The smallest absolute Gasteiger partial charge is 0.134 e. The zero-order chi connectivity index (χ0) is 13.8. The topological polar surface area (TPSA) is 35.2 Å². The summed E-state index contributed by atoms with van der Waals surface area (Å²) in [5, 5.41) is 0. The standard InChI is InChI=1S/C15H14BrNOS/c1-10-3-2-4-11(7-10)9-18-14-6-5-12(15(17)19)8-13(14)16/h2-8H,9H2,1H3,(H2,17,19). The summed E-state index contributed by atoms with van der Waals surface area (Å²) in [5.41, 5.74) is 8.78. The van der Waals surface area contributed by atoms with Gasteiger partial charge in [0.1, 0.15) is 17.3 Å². The third kappa shape index (κ3) is 3.78. The molecule has 0 aliphatic carbocycles. The van der Waals surface area contributed by atoms with Gasteiger partial charge >= 0.3 is 0 Å². The van der Waals surface area contributed by atoms with Crippen molar-refractivity contribution in [3.8, 4) is 5.75 Å². The Kier molecular flexibility index (Phi) is 4.56. The molecule has 0 bridgehead atoms. The first-order valence-electron chi connectivity index (χ1n) is 5.84. The van der Waals surface area contributed by atoms with Crippen LogP contribution in [0.3, 0.4) is 0 Å². The van der Waals surface area contributed by atoms with Crippen LogP contribution in [-0.4, -0.2) is 4.99 Å². The third-order valence-corrected chi connectivity index (χ3v) is 3.55. The van der Waals surface area contributed by atoms with Gasteiger partial charge in [-0.1, -0.05) is 42.0 Å². The summed E-state index contributed by atoms with van der Waals surface area (Å²) in [5.74, 6) is 0.779. The van der Waals surface area contributed by atoms with Gasteiger partial charge in [-0.25, -0.2) is 0 Å². The van der Waals surface area contributed by atoms with E-state index in [1.54, 1.807) is 0 Å². The number of hydrogen-bond donors (Lipinski definition) is 1. The monoisotopic (exact) mass is 335 g/mol. The average Bonchev–Trinajstić information content (AvgIpc) is 2.37. The van der Waals surface area contributed by atoms with E-state index >= 15 is 0 Å². The van der Waals surface area contributed by atoms with E-state index in [0.29, 0.717) is 11.6 Å². The van der Waals surface area contributed by atoms with Crippen molar-refractivity contribution in [2.75, 3.05) is 0 Å². The van der Waals surface area contributed by atoms with E-state index in [1.165, 1.54) is 5.56 Å². The van der Waals surface area contributed by atoms with Crippen LogP contribution >= 0.6 is 28.1 Å². The molecule has 0 saturated carbocycles. The zero-order valence-corrected chi connectivity index (χ0v) is 12.9. The normalized spacial score (nSPS) is 10.2. The van der Waals surface area contributed by atoms with Crippen LogP contribution in [0, 0.1) is 6.92 Å². The van der Waals surface area contributed by atoms with Crippen molar-refractivity contribution in [1.82, 2.24) is 0 Å². The summed E-state index contributed by atoms with van der Waals surface area (Å²) in [7, 11) is 0. The molecule has 4 heteroatoms. The van der Waals surface area contributed by atoms with Gasteiger partial charge in [0.2, 0.25) is 0 Å². The number of aryl methyl sites for hydroxylation is 1. The Hall–Kier alpha value is -1.39. The van der Waals surface area contributed by atoms with Crippen molar-refractivity contribution < 1.29 is 4.74 Å². The Bertz CT molecular complexity index is 613. The third-order valence-electron chi connectivity index (χ3n) is 2.69. The van der Waals surface area contributed by atoms with E-state index in [1.807, 2.05) is 30.3 Å². The lowest BCUT2D eigenvalue weighted by Crippen LogP contribution is -2.09. The Morgan fingerprint density at radius 2 is 2.05 bits per heavy atom. The largest absolute Gasteiger partial charge is 0.488 e. The first-order valence-corrected chi connectivity index (χ1v) is 7.04. The zero-order valence-electron chi connectivity index (χ0n) is 10.5. The predicted octanol–water partition coefficient (Wildman–Crippen LogP) is 3.97. The molecule has 0 saturated heterocycles. The van der Waals surface area contributed by atoms with Crippen molar-refractivity contribution in [2.24, 2.45) is 5.73 Å². The molecular formula is C15H14BrNOS. The van der Waals surface area contributed by atoms with Gasteiger partial charge in [0.25, 0.3) is 0 Å². The summed E-state index contributed by atoms with van der Waals surface area (Å²) in [4.78, 5) is 0.380. The quantitative estimate of drug-likeness (QED) is 0.858. The van der Waals surface area contributed by atoms with Crippen molar-refractivity contribution in [2.45, 2.75) is 13.5 Å². The van der Waals surface area contributed by atoms with E-state index in [2.05, 4.69) is 35.0 Å². The minimum absolute atomic E-state index is 0.380. The van der Waals surface area contributed by atoms with Crippen LogP contribution in [0.2, 0.25) is 0 Å². The molecule has 19 heavy (non-hydrogen) atoms. The molecule has 2 aromatic carbocycles. The maximum Gasteiger partial charge on any atom is 0.134 e. The lowest BCUT2D eigenvalue weighted by atomic mass is 10.1. The van der Waals surface area contributed by atoms with E-state index in [4.69, 9.17) is 22.7 Å². The molecule has 0 amide bonds. The molecule has 0 radical (unpaired) electrons. The number of rotatable bonds is 4. The van der Waals surface area contributed by atoms with Crippen LogP contribution < -0.4 is 10.5 Å². The molecule has 0 aromatic heterocycles. The molecule has 2 N–H and O–H groups in total. The number of nitrogens with two attached hydrogens (primary N) is 1. The first-order chi connectivity index (χ1) is 9.06. The highest BCUT2D eigenvalue weighted by Gasteiger charge is 2.05. The fraction of sp³-hybridized carbons (Fsp3) is 0.133. The molecule has 0 spiro atoms. The van der Waals surface area contributed by atoms with Gasteiger partial charge in [-0.3, -0.25) is 0 Å². The number of halogens is 1. The fourth-order valence-corrected chi connectivity index (χ4v) is 2.35. The summed E-state index contributed by atoms with van der Waals surface area (Å²) in [6, 6.07) is 13.8. The summed E-state index contributed by atoms with van der Waals surface area (Å²) < 4.78 is 6.63. The summed E-state index contributed by atoms with van der Waals surface area (Å²) in [6.45, 7) is 2.60. The molecule has 2 nitrogen and oxygen atoms in total. The molecule has 2 aromatic rings. The molecular weight excluding hydrogens is 322 g/mol. The average molecular weight is 336 g/mol. The summed E-state index contributed by atoms with van der Waals surface area (Å²) >= 11 is 8.40. The first kappa shape index (κ1) is 14.0.